The van der Waals surface area contributed by atoms with E-state index in [0.717, 1.165) is 13.0 Å². The van der Waals surface area contributed by atoms with Gasteiger partial charge in [-0.15, -0.1) is 0 Å². The molecule has 0 spiro atoms. The van der Waals surface area contributed by atoms with Crippen molar-refractivity contribution in [3.63, 3.8) is 0 Å². The molecule has 0 bridgehead atoms. The van der Waals surface area contributed by atoms with Crippen molar-refractivity contribution in [2.45, 2.75) is 39.2 Å². The van der Waals surface area contributed by atoms with Gasteiger partial charge in [0.25, 0.3) is 0 Å². The van der Waals surface area contributed by atoms with E-state index in [-0.39, 0.29) is 11.3 Å². The van der Waals surface area contributed by atoms with Crippen LogP contribution >= 0.6 is 0 Å². The standard InChI is InChI=1S/C14H21NO/c1-12(16)9-10-15-14(2,3)11-13-7-5-4-6-8-13/h4-8,15H,9-11H2,1-3H3. The van der Waals surface area contributed by atoms with Crippen LogP contribution in [0, 0.1) is 0 Å². The molecular weight excluding hydrogens is 198 g/mol. The molecule has 0 aliphatic rings. The molecule has 1 aromatic carbocycles. The lowest BCUT2D eigenvalue weighted by Crippen LogP contribution is -2.42. The predicted molar refractivity (Wildman–Crippen MR) is 67.5 cm³/mol. The van der Waals surface area contributed by atoms with Gasteiger partial charge in [0.1, 0.15) is 5.78 Å². The first kappa shape index (κ1) is 12.9. The molecule has 0 saturated heterocycles. The zero-order valence-corrected chi connectivity index (χ0v) is 10.4. The zero-order valence-electron chi connectivity index (χ0n) is 10.4. The average molecular weight is 219 g/mol. The summed E-state index contributed by atoms with van der Waals surface area (Å²) in [6, 6.07) is 10.4. The van der Waals surface area contributed by atoms with E-state index in [1.807, 2.05) is 6.07 Å². The minimum atomic E-state index is 0.0385. The SMILES string of the molecule is CC(=O)CCNC(C)(C)Cc1ccccc1. The summed E-state index contributed by atoms with van der Waals surface area (Å²) in [6.45, 7) is 6.72. The minimum Gasteiger partial charge on any atom is -0.311 e. The number of carbonyl (C=O) groups is 1. The second-order valence-corrected chi connectivity index (χ2v) is 4.93. The fraction of sp³-hybridized carbons (Fsp3) is 0.500. The monoisotopic (exact) mass is 219 g/mol. The third-order valence-electron chi connectivity index (χ3n) is 2.57. The normalized spacial score (nSPS) is 11.4. The summed E-state index contributed by atoms with van der Waals surface area (Å²) in [5.74, 6) is 0.239. The molecule has 88 valence electrons. The molecule has 0 radical (unpaired) electrons. The molecule has 0 aliphatic heterocycles. The lowest BCUT2D eigenvalue weighted by molar-refractivity contribution is -0.116. The number of nitrogens with one attached hydrogen (secondary N) is 1. The van der Waals surface area contributed by atoms with Crippen molar-refractivity contribution in [2.24, 2.45) is 0 Å². The Morgan fingerprint density at radius 2 is 1.88 bits per heavy atom. The molecule has 1 N–H and O–H groups in total. The highest BCUT2D eigenvalue weighted by Gasteiger charge is 2.17. The van der Waals surface area contributed by atoms with Gasteiger partial charge in [-0.25, -0.2) is 0 Å². The van der Waals surface area contributed by atoms with Gasteiger partial charge in [0.15, 0.2) is 0 Å². The van der Waals surface area contributed by atoms with Crippen molar-refractivity contribution in [2.75, 3.05) is 6.54 Å². The lowest BCUT2D eigenvalue weighted by Gasteiger charge is -2.26. The highest BCUT2D eigenvalue weighted by Crippen LogP contribution is 2.12. The summed E-state index contributed by atoms with van der Waals surface area (Å²) in [7, 11) is 0. The van der Waals surface area contributed by atoms with Gasteiger partial charge in [0, 0.05) is 18.5 Å². The van der Waals surface area contributed by atoms with Crippen LogP contribution in [0.25, 0.3) is 0 Å². The van der Waals surface area contributed by atoms with Gasteiger partial charge >= 0.3 is 0 Å². The molecule has 2 nitrogen and oxygen atoms in total. The number of ketones is 1. The van der Waals surface area contributed by atoms with Gasteiger partial charge in [-0.3, -0.25) is 4.79 Å². The summed E-state index contributed by atoms with van der Waals surface area (Å²) in [4.78, 5) is 10.8. The first-order valence-corrected chi connectivity index (χ1v) is 5.78. The van der Waals surface area contributed by atoms with Gasteiger partial charge in [-0.05, 0) is 32.8 Å². The molecule has 2 heteroatoms. The van der Waals surface area contributed by atoms with Crippen molar-refractivity contribution < 1.29 is 4.79 Å². The minimum absolute atomic E-state index is 0.0385. The van der Waals surface area contributed by atoms with Gasteiger partial charge < -0.3 is 5.32 Å². The van der Waals surface area contributed by atoms with Gasteiger partial charge in [-0.1, -0.05) is 30.3 Å². The first-order valence-electron chi connectivity index (χ1n) is 5.78. The van der Waals surface area contributed by atoms with E-state index in [9.17, 15) is 4.79 Å². The number of Topliss-reactive ketones (excluding diaryl/α,β-unsaturated/α-hetero) is 1. The summed E-state index contributed by atoms with van der Waals surface area (Å²) in [5.41, 5.74) is 1.36. The maximum atomic E-state index is 10.8. The predicted octanol–water partition coefficient (Wildman–Crippen LogP) is 2.58. The van der Waals surface area contributed by atoms with Crippen molar-refractivity contribution in [3.8, 4) is 0 Å². The largest absolute Gasteiger partial charge is 0.311 e. The Balaban J connectivity index is 2.42. The fourth-order valence-electron chi connectivity index (χ4n) is 1.75. The van der Waals surface area contributed by atoms with Crippen LogP contribution in [0.2, 0.25) is 0 Å². The molecule has 0 saturated carbocycles. The van der Waals surface area contributed by atoms with Gasteiger partial charge in [-0.2, -0.15) is 0 Å². The summed E-state index contributed by atoms with van der Waals surface area (Å²) >= 11 is 0. The maximum Gasteiger partial charge on any atom is 0.131 e. The van der Waals surface area contributed by atoms with E-state index in [4.69, 9.17) is 0 Å². The quantitative estimate of drug-likeness (QED) is 0.796. The third kappa shape index (κ3) is 5.08. The number of hydrogen-bond donors (Lipinski definition) is 1. The van der Waals surface area contributed by atoms with E-state index in [1.165, 1.54) is 5.56 Å². The molecule has 1 rings (SSSR count). The summed E-state index contributed by atoms with van der Waals surface area (Å²) < 4.78 is 0. The Labute approximate surface area is 98.1 Å². The van der Waals surface area contributed by atoms with E-state index >= 15 is 0 Å². The van der Waals surface area contributed by atoms with Crippen molar-refractivity contribution in [3.05, 3.63) is 35.9 Å². The summed E-state index contributed by atoms with van der Waals surface area (Å²) in [5, 5.41) is 3.42. The number of rotatable bonds is 6. The molecule has 0 amide bonds. The van der Waals surface area contributed by atoms with E-state index in [1.54, 1.807) is 6.92 Å². The molecule has 0 aromatic heterocycles. The Kier molecular flexibility index (Phi) is 4.69. The molecule has 0 aliphatic carbocycles. The van der Waals surface area contributed by atoms with Crippen LogP contribution < -0.4 is 5.32 Å². The number of carbonyl (C=O) groups excluding carboxylic acids is 1. The van der Waals surface area contributed by atoms with E-state index in [2.05, 4.69) is 43.4 Å². The number of hydrogen-bond acceptors (Lipinski definition) is 2. The fourth-order valence-corrected chi connectivity index (χ4v) is 1.75. The van der Waals surface area contributed by atoms with Crippen LogP contribution in [0.15, 0.2) is 30.3 Å². The van der Waals surface area contributed by atoms with Crippen molar-refractivity contribution >= 4 is 5.78 Å². The van der Waals surface area contributed by atoms with Crippen molar-refractivity contribution in [1.29, 1.82) is 0 Å². The molecular formula is C14H21NO. The average Bonchev–Trinajstić information content (AvgIpc) is 2.17. The van der Waals surface area contributed by atoms with Crippen LogP contribution in [0.3, 0.4) is 0 Å². The molecule has 1 aromatic rings. The molecule has 0 heterocycles. The van der Waals surface area contributed by atoms with Gasteiger partial charge in [0.2, 0.25) is 0 Å². The molecule has 0 fully saturated rings. The second-order valence-electron chi connectivity index (χ2n) is 4.93. The molecule has 0 atom stereocenters. The van der Waals surface area contributed by atoms with Crippen LogP contribution in [0.1, 0.15) is 32.8 Å². The van der Waals surface area contributed by atoms with Crippen LogP contribution in [-0.2, 0) is 11.2 Å². The highest BCUT2D eigenvalue weighted by atomic mass is 16.1. The van der Waals surface area contributed by atoms with E-state index in [0.29, 0.717) is 6.42 Å². The summed E-state index contributed by atoms with van der Waals surface area (Å²) in [6.07, 6.45) is 1.59. The zero-order chi connectivity index (χ0) is 12.0. The lowest BCUT2D eigenvalue weighted by atomic mass is 9.95. The van der Waals surface area contributed by atoms with Crippen LogP contribution in [0.5, 0.6) is 0 Å². The third-order valence-corrected chi connectivity index (χ3v) is 2.57. The molecule has 16 heavy (non-hydrogen) atoms. The van der Waals surface area contributed by atoms with Crippen LogP contribution in [0.4, 0.5) is 0 Å². The Hall–Kier alpha value is -1.15. The smallest absolute Gasteiger partial charge is 0.131 e. The Morgan fingerprint density at radius 1 is 1.25 bits per heavy atom. The number of benzene rings is 1. The maximum absolute atomic E-state index is 10.8. The van der Waals surface area contributed by atoms with E-state index < -0.39 is 0 Å². The Bertz CT molecular complexity index is 330. The van der Waals surface area contributed by atoms with Crippen LogP contribution in [-0.4, -0.2) is 17.9 Å². The molecule has 0 unspecified atom stereocenters. The van der Waals surface area contributed by atoms with Crippen molar-refractivity contribution in [1.82, 2.24) is 5.32 Å². The highest BCUT2D eigenvalue weighted by molar-refractivity contribution is 5.75. The van der Waals surface area contributed by atoms with Gasteiger partial charge in [0.05, 0.1) is 0 Å². The topological polar surface area (TPSA) is 29.1 Å². The Morgan fingerprint density at radius 3 is 2.44 bits per heavy atom. The second kappa shape index (κ2) is 5.80. The first-order chi connectivity index (χ1) is 7.49.